The van der Waals surface area contributed by atoms with Crippen LogP contribution in [0.2, 0.25) is 5.02 Å². The minimum Gasteiger partial charge on any atom is -0.384 e. The first kappa shape index (κ1) is 14.2. The normalized spacial score (nSPS) is 9.85. The fourth-order valence-electron chi connectivity index (χ4n) is 1.94. The Morgan fingerprint density at radius 3 is 2.85 bits per heavy atom. The summed E-state index contributed by atoms with van der Waals surface area (Å²) >= 11 is 6.01. The number of benzene rings is 1. The molecule has 0 aliphatic heterocycles. The number of aromatic nitrogens is 1. The Labute approximate surface area is 124 Å². The van der Waals surface area contributed by atoms with Crippen molar-refractivity contribution in [2.75, 3.05) is 6.54 Å². The third kappa shape index (κ3) is 3.01. The smallest absolute Gasteiger partial charge is 0.101 e. The van der Waals surface area contributed by atoms with Crippen LogP contribution in [-0.2, 0) is 0 Å². The summed E-state index contributed by atoms with van der Waals surface area (Å²) in [7, 11) is 0. The average Bonchev–Trinajstić information content (AvgIpc) is 2.46. The van der Waals surface area contributed by atoms with Gasteiger partial charge in [-0.25, -0.2) is 0 Å². The largest absolute Gasteiger partial charge is 0.384 e. The number of hydrogen-bond acceptors (Lipinski definition) is 2. The minimum atomic E-state index is 0.686. The highest BCUT2D eigenvalue weighted by Gasteiger charge is 2.08. The highest BCUT2D eigenvalue weighted by Crippen LogP contribution is 2.25. The van der Waals surface area contributed by atoms with Gasteiger partial charge in [-0.1, -0.05) is 36.2 Å². The van der Waals surface area contributed by atoms with Gasteiger partial charge in [-0.05, 0) is 30.7 Å². The van der Waals surface area contributed by atoms with E-state index in [1.165, 1.54) is 0 Å². The van der Waals surface area contributed by atoms with Crippen molar-refractivity contribution in [3.8, 4) is 23.5 Å². The van der Waals surface area contributed by atoms with Crippen molar-refractivity contribution in [2.45, 2.75) is 6.92 Å². The van der Waals surface area contributed by atoms with Crippen LogP contribution in [0.3, 0.4) is 0 Å². The number of nitrogens with one attached hydrogen (secondary N) is 1. The Morgan fingerprint density at radius 2 is 2.20 bits per heavy atom. The number of terminal acetylenes is 1. The Kier molecular flexibility index (Phi) is 4.45. The van der Waals surface area contributed by atoms with Crippen molar-refractivity contribution >= 4 is 17.3 Å². The Balaban J connectivity index is 2.45. The predicted molar refractivity (Wildman–Crippen MR) is 85.3 cm³/mol. The van der Waals surface area contributed by atoms with Crippen LogP contribution in [0.15, 0.2) is 43.1 Å². The molecule has 1 heterocycles. The molecule has 2 rings (SSSR count). The molecule has 0 saturated heterocycles. The van der Waals surface area contributed by atoms with E-state index >= 15 is 0 Å². The molecule has 0 radical (unpaired) electrons. The van der Waals surface area contributed by atoms with E-state index in [9.17, 15) is 0 Å². The standard InChI is InChI=1S/C17H15ClN2/c1-4-13-9-15(14-7-6-8-16(18)10-14)11-20-17(13)12(3)19-5-2/h1,6-11,19H,3,5H2,2H3. The van der Waals surface area contributed by atoms with Gasteiger partial charge in [-0.2, -0.15) is 0 Å². The van der Waals surface area contributed by atoms with Crippen LogP contribution >= 0.6 is 11.6 Å². The summed E-state index contributed by atoms with van der Waals surface area (Å²) in [4.78, 5) is 4.43. The van der Waals surface area contributed by atoms with Gasteiger partial charge in [0, 0.05) is 23.3 Å². The molecule has 0 spiro atoms. The van der Waals surface area contributed by atoms with E-state index in [0.29, 0.717) is 16.3 Å². The van der Waals surface area contributed by atoms with Crippen molar-refractivity contribution in [1.82, 2.24) is 10.3 Å². The lowest BCUT2D eigenvalue weighted by Crippen LogP contribution is -2.12. The first-order valence-corrected chi connectivity index (χ1v) is 6.69. The van der Waals surface area contributed by atoms with Gasteiger partial charge < -0.3 is 5.32 Å². The van der Waals surface area contributed by atoms with Gasteiger partial charge in [0.05, 0.1) is 11.3 Å². The monoisotopic (exact) mass is 282 g/mol. The van der Waals surface area contributed by atoms with E-state index in [1.54, 1.807) is 6.20 Å². The van der Waals surface area contributed by atoms with Crippen LogP contribution in [-0.4, -0.2) is 11.5 Å². The van der Waals surface area contributed by atoms with E-state index in [2.05, 4.69) is 22.8 Å². The number of pyridine rings is 1. The topological polar surface area (TPSA) is 24.9 Å². The molecule has 0 aliphatic rings. The zero-order chi connectivity index (χ0) is 14.5. The van der Waals surface area contributed by atoms with Crippen molar-refractivity contribution in [2.24, 2.45) is 0 Å². The first-order valence-electron chi connectivity index (χ1n) is 6.31. The SMILES string of the molecule is C#Cc1cc(-c2cccc(Cl)c2)cnc1C(=C)NCC. The molecular weight excluding hydrogens is 268 g/mol. The van der Waals surface area contributed by atoms with Gasteiger partial charge in [0.1, 0.15) is 5.69 Å². The lowest BCUT2D eigenvalue weighted by molar-refractivity contribution is 0.932. The van der Waals surface area contributed by atoms with Gasteiger partial charge >= 0.3 is 0 Å². The summed E-state index contributed by atoms with van der Waals surface area (Å²) in [6.07, 6.45) is 7.36. The third-order valence-corrected chi connectivity index (χ3v) is 3.11. The van der Waals surface area contributed by atoms with Crippen LogP contribution in [0.5, 0.6) is 0 Å². The minimum absolute atomic E-state index is 0.686. The molecule has 0 aliphatic carbocycles. The Morgan fingerprint density at radius 1 is 1.40 bits per heavy atom. The van der Waals surface area contributed by atoms with E-state index in [-0.39, 0.29) is 0 Å². The molecule has 0 unspecified atom stereocenters. The molecule has 0 amide bonds. The molecule has 1 N–H and O–H groups in total. The molecular formula is C17H15ClN2. The lowest BCUT2D eigenvalue weighted by atomic mass is 10.0. The van der Waals surface area contributed by atoms with Crippen LogP contribution in [0.1, 0.15) is 18.2 Å². The van der Waals surface area contributed by atoms with Crippen molar-refractivity contribution < 1.29 is 0 Å². The molecule has 20 heavy (non-hydrogen) atoms. The second kappa shape index (κ2) is 6.27. The fraction of sp³-hybridized carbons (Fsp3) is 0.118. The van der Waals surface area contributed by atoms with E-state index in [0.717, 1.165) is 23.4 Å². The second-order valence-corrected chi connectivity index (χ2v) is 4.72. The number of halogens is 1. The molecule has 0 fully saturated rings. The molecule has 2 nitrogen and oxygen atoms in total. The van der Waals surface area contributed by atoms with Crippen molar-refractivity contribution in [3.63, 3.8) is 0 Å². The van der Waals surface area contributed by atoms with E-state index in [4.69, 9.17) is 18.0 Å². The number of nitrogens with zero attached hydrogens (tertiary/aromatic N) is 1. The summed E-state index contributed by atoms with van der Waals surface area (Å²) in [5.74, 6) is 2.66. The molecule has 1 aromatic heterocycles. The Hall–Kier alpha value is -2.24. The highest BCUT2D eigenvalue weighted by molar-refractivity contribution is 6.30. The first-order chi connectivity index (χ1) is 9.65. The van der Waals surface area contributed by atoms with Gasteiger partial charge in [0.25, 0.3) is 0 Å². The summed E-state index contributed by atoms with van der Waals surface area (Å²) in [6, 6.07) is 9.52. The van der Waals surface area contributed by atoms with Crippen LogP contribution in [0.4, 0.5) is 0 Å². The van der Waals surface area contributed by atoms with Crippen molar-refractivity contribution in [1.29, 1.82) is 0 Å². The lowest BCUT2D eigenvalue weighted by Gasteiger charge is -2.10. The Bertz CT molecular complexity index is 684. The number of hydrogen-bond donors (Lipinski definition) is 1. The van der Waals surface area contributed by atoms with Gasteiger partial charge in [-0.15, -0.1) is 6.42 Å². The number of rotatable bonds is 4. The summed E-state index contributed by atoms with van der Waals surface area (Å²) in [5.41, 5.74) is 4.09. The molecule has 3 heteroatoms. The second-order valence-electron chi connectivity index (χ2n) is 4.28. The van der Waals surface area contributed by atoms with E-state index in [1.807, 2.05) is 37.3 Å². The predicted octanol–water partition coefficient (Wildman–Crippen LogP) is 3.96. The van der Waals surface area contributed by atoms with Crippen LogP contribution in [0.25, 0.3) is 16.8 Å². The summed E-state index contributed by atoms with van der Waals surface area (Å²) in [5, 5.41) is 3.82. The fourth-order valence-corrected chi connectivity index (χ4v) is 2.13. The molecule has 1 aromatic carbocycles. The summed E-state index contributed by atoms with van der Waals surface area (Å²) in [6.45, 7) is 6.73. The summed E-state index contributed by atoms with van der Waals surface area (Å²) < 4.78 is 0. The van der Waals surface area contributed by atoms with Gasteiger partial charge in [0.2, 0.25) is 0 Å². The zero-order valence-electron chi connectivity index (χ0n) is 11.3. The maximum absolute atomic E-state index is 6.01. The highest BCUT2D eigenvalue weighted by atomic mass is 35.5. The molecule has 0 atom stereocenters. The maximum Gasteiger partial charge on any atom is 0.101 e. The van der Waals surface area contributed by atoms with Gasteiger partial charge in [-0.3, -0.25) is 4.98 Å². The molecule has 100 valence electrons. The molecule has 0 saturated carbocycles. The van der Waals surface area contributed by atoms with Crippen LogP contribution < -0.4 is 5.32 Å². The zero-order valence-corrected chi connectivity index (χ0v) is 12.0. The average molecular weight is 283 g/mol. The van der Waals surface area contributed by atoms with Crippen molar-refractivity contribution in [3.05, 3.63) is 59.4 Å². The van der Waals surface area contributed by atoms with Crippen LogP contribution in [0, 0.1) is 12.3 Å². The third-order valence-electron chi connectivity index (χ3n) is 2.88. The maximum atomic E-state index is 6.01. The molecule has 2 aromatic rings. The van der Waals surface area contributed by atoms with Gasteiger partial charge in [0.15, 0.2) is 0 Å². The molecule has 0 bridgehead atoms. The quantitative estimate of drug-likeness (QED) is 0.859. The van der Waals surface area contributed by atoms with E-state index < -0.39 is 0 Å².